The van der Waals surface area contributed by atoms with Gasteiger partial charge in [0.2, 0.25) is 5.91 Å². The van der Waals surface area contributed by atoms with E-state index in [0.29, 0.717) is 19.3 Å². The fourth-order valence-corrected chi connectivity index (χ4v) is 3.16. The number of nitrogens with zero attached hydrogens (tertiary/aromatic N) is 1. The van der Waals surface area contributed by atoms with Gasteiger partial charge in [0.1, 0.15) is 0 Å². The van der Waals surface area contributed by atoms with E-state index >= 15 is 0 Å². The normalized spacial score (nSPS) is 19.0. The molecule has 1 amide bonds. The smallest absolute Gasteiger partial charge is 0.305 e. The molecule has 27 heavy (non-hydrogen) atoms. The second-order valence-corrected chi connectivity index (χ2v) is 7.20. The number of methoxy groups -OCH3 is 1. The molecular formula is C22H35NO4. The van der Waals surface area contributed by atoms with Crippen LogP contribution in [0.25, 0.3) is 0 Å². The maximum atomic E-state index is 12.1. The molecule has 0 spiro atoms. The summed E-state index contributed by atoms with van der Waals surface area (Å²) in [6.07, 6.45) is 10.4. The average molecular weight is 378 g/mol. The lowest BCUT2D eigenvalue weighted by molar-refractivity contribution is -0.140. The Balaban J connectivity index is 2.37. The van der Waals surface area contributed by atoms with Crippen molar-refractivity contribution in [2.24, 2.45) is 5.92 Å². The van der Waals surface area contributed by atoms with Crippen LogP contribution in [0.5, 0.6) is 0 Å². The second kappa shape index (κ2) is 13.4. The number of carbonyl (C=O) groups excluding carboxylic acids is 2. The number of unbranched alkanes of at least 4 members (excludes halogenated alkanes) is 3. The van der Waals surface area contributed by atoms with E-state index < -0.39 is 6.10 Å². The van der Waals surface area contributed by atoms with Gasteiger partial charge in [-0.1, -0.05) is 38.8 Å². The predicted molar refractivity (Wildman–Crippen MR) is 107 cm³/mol. The molecule has 1 rings (SSSR count). The molecule has 0 aromatic rings. The van der Waals surface area contributed by atoms with E-state index in [9.17, 15) is 14.7 Å². The first-order valence-electron chi connectivity index (χ1n) is 10.2. The summed E-state index contributed by atoms with van der Waals surface area (Å²) < 4.78 is 4.63. The maximum Gasteiger partial charge on any atom is 0.305 e. The summed E-state index contributed by atoms with van der Waals surface area (Å²) in [6.45, 7) is 4.74. The summed E-state index contributed by atoms with van der Waals surface area (Å²) in [4.78, 5) is 25.1. The molecule has 0 unspecified atom stereocenters. The second-order valence-electron chi connectivity index (χ2n) is 7.20. The molecule has 1 aliphatic heterocycles. The van der Waals surface area contributed by atoms with E-state index in [4.69, 9.17) is 0 Å². The highest BCUT2D eigenvalue weighted by molar-refractivity contribution is 5.79. The minimum Gasteiger partial charge on any atom is -0.469 e. The van der Waals surface area contributed by atoms with Crippen molar-refractivity contribution < 1.29 is 19.4 Å². The fraction of sp³-hybridized carbons (Fsp3) is 0.727. The molecule has 1 N–H and O–H groups in total. The van der Waals surface area contributed by atoms with Crippen LogP contribution in [0.1, 0.15) is 71.6 Å². The monoisotopic (exact) mass is 377 g/mol. The number of aliphatic hydroxyl groups is 1. The van der Waals surface area contributed by atoms with Crippen LogP contribution in [0.15, 0.2) is 12.2 Å². The van der Waals surface area contributed by atoms with Gasteiger partial charge < -0.3 is 14.7 Å². The largest absolute Gasteiger partial charge is 0.469 e. The van der Waals surface area contributed by atoms with Crippen molar-refractivity contribution in [3.8, 4) is 11.8 Å². The summed E-state index contributed by atoms with van der Waals surface area (Å²) in [5, 5.41) is 10.3. The van der Waals surface area contributed by atoms with Gasteiger partial charge in [0.15, 0.2) is 0 Å². The minimum absolute atomic E-state index is 0.0798. The van der Waals surface area contributed by atoms with Crippen LogP contribution < -0.4 is 0 Å². The Hall–Kier alpha value is -1.80. The van der Waals surface area contributed by atoms with E-state index in [0.717, 1.165) is 45.1 Å². The number of likely N-dealkylation sites (tertiary alicyclic amines) is 1. The number of hydrogen-bond acceptors (Lipinski definition) is 4. The summed E-state index contributed by atoms with van der Waals surface area (Å²) in [5.74, 6) is 6.22. The van der Waals surface area contributed by atoms with Crippen LogP contribution in [-0.2, 0) is 14.3 Å². The molecule has 1 fully saturated rings. The molecule has 1 aliphatic rings. The van der Waals surface area contributed by atoms with Crippen molar-refractivity contribution >= 4 is 11.9 Å². The van der Waals surface area contributed by atoms with Gasteiger partial charge in [0.25, 0.3) is 0 Å². The van der Waals surface area contributed by atoms with Crippen LogP contribution in [-0.4, -0.2) is 47.7 Å². The SMILES string of the molecule is CCC#CC[C@@H](C)[C@@H](O)C=C[C@H]1CCC(=O)N1CCCCCCC(=O)OC. The molecule has 1 saturated heterocycles. The molecule has 0 aromatic carbocycles. The van der Waals surface area contributed by atoms with Gasteiger partial charge in [-0.2, -0.15) is 0 Å². The number of hydrogen-bond donors (Lipinski definition) is 1. The molecule has 0 aliphatic carbocycles. The lowest BCUT2D eigenvalue weighted by atomic mass is 10.00. The number of esters is 1. The summed E-state index contributed by atoms with van der Waals surface area (Å²) >= 11 is 0. The molecule has 5 nitrogen and oxygen atoms in total. The molecule has 0 saturated carbocycles. The van der Waals surface area contributed by atoms with Gasteiger partial charge in [-0.15, -0.1) is 11.8 Å². The molecule has 0 bridgehead atoms. The number of ether oxygens (including phenoxy) is 1. The molecule has 152 valence electrons. The number of amides is 1. The van der Waals surface area contributed by atoms with Gasteiger partial charge in [-0.25, -0.2) is 0 Å². The van der Waals surface area contributed by atoms with Crippen molar-refractivity contribution in [1.82, 2.24) is 4.90 Å². The van der Waals surface area contributed by atoms with E-state index in [1.807, 2.05) is 30.9 Å². The van der Waals surface area contributed by atoms with Gasteiger partial charge in [-0.05, 0) is 25.2 Å². The van der Waals surface area contributed by atoms with Crippen LogP contribution in [0.3, 0.4) is 0 Å². The Morgan fingerprint density at radius 2 is 2.07 bits per heavy atom. The third-order valence-electron chi connectivity index (χ3n) is 4.97. The minimum atomic E-state index is -0.535. The van der Waals surface area contributed by atoms with Crippen molar-refractivity contribution in [3.63, 3.8) is 0 Å². The quantitative estimate of drug-likeness (QED) is 0.259. The molecular weight excluding hydrogens is 342 g/mol. The Bertz CT molecular complexity index is 546. The zero-order valence-corrected chi connectivity index (χ0v) is 17.1. The highest BCUT2D eigenvalue weighted by atomic mass is 16.5. The van der Waals surface area contributed by atoms with Crippen LogP contribution in [0.2, 0.25) is 0 Å². The maximum absolute atomic E-state index is 12.1. The highest BCUT2D eigenvalue weighted by Gasteiger charge is 2.28. The molecule has 0 aromatic heterocycles. The summed E-state index contributed by atoms with van der Waals surface area (Å²) in [5.41, 5.74) is 0. The first-order chi connectivity index (χ1) is 13.0. The zero-order chi connectivity index (χ0) is 20.1. The standard InChI is InChI=1S/C22H35NO4/c1-4-5-8-11-18(2)20(24)15-13-19-14-16-21(25)23(19)17-10-7-6-9-12-22(26)27-3/h13,15,18-20,24H,4,6-7,9-12,14,16-17H2,1-3H3/t18-,19+,20+/m1/s1. The van der Waals surface area contributed by atoms with Gasteiger partial charge in [-0.3, -0.25) is 9.59 Å². The summed E-state index contributed by atoms with van der Waals surface area (Å²) in [7, 11) is 1.41. The average Bonchev–Trinajstić information content (AvgIpc) is 3.02. The molecule has 5 heteroatoms. The van der Waals surface area contributed by atoms with Crippen LogP contribution in [0.4, 0.5) is 0 Å². The Morgan fingerprint density at radius 1 is 1.33 bits per heavy atom. The Labute approximate surface area is 164 Å². The molecule has 1 heterocycles. The summed E-state index contributed by atoms with van der Waals surface area (Å²) in [6, 6.07) is 0.0798. The number of rotatable bonds is 11. The van der Waals surface area contributed by atoms with Crippen LogP contribution in [0, 0.1) is 17.8 Å². The lowest BCUT2D eigenvalue weighted by Crippen LogP contribution is -2.33. The van der Waals surface area contributed by atoms with Crippen molar-refractivity contribution in [2.75, 3.05) is 13.7 Å². The van der Waals surface area contributed by atoms with E-state index in [2.05, 4.69) is 16.6 Å². The number of carbonyl (C=O) groups is 2. The van der Waals surface area contributed by atoms with Crippen molar-refractivity contribution in [2.45, 2.75) is 83.8 Å². The third-order valence-corrected chi connectivity index (χ3v) is 4.97. The van der Waals surface area contributed by atoms with Crippen molar-refractivity contribution in [1.29, 1.82) is 0 Å². The van der Waals surface area contributed by atoms with Crippen LogP contribution >= 0.6 is 0 Å². The first kappa shape index (κ1) is 23.2. The van der Waals surface area contributed by atoms with Gasteiger partial charge in [0, 0.05) is 32.2 Å². The number of aliphatic hydroxyl groups excluding tert-OH is 1. The topological polar surface area (TPSA) is 66.8 Å². The molecule has 3 atom stereocenters. The van der Waals surface area contributed by atoms with Crippen molar-refractivity contribution in [3.05, 3.63) is 12.2 Å². The first-order valence-corrected chi connectivity index (χ1v) is 10.2. The Morgan fingerprint density at radius 3 is 2.78 bits per heavy atom. The van der Waals surface area contributed by atoms with Gasteiger partial charge >= 0.3 is 5.97 Å². The highest BCUT2D eigenvalue weighted by Crippen LogP contribution is 2.22. The van der Waals surface area contributed by atoms with E-state index in [1.54, 1.807) is 0 Å². The predicted octanol–water partition coefficient (Wildman–Crippen LogP) is 3.46. The van der Waals surface area contributed by atoms with Gasteiger partial charge in [0.05, 0.1) is 19.3 Å². The Kier molecular flexibility index (Phi) is 11.5. The molecule has 0 radical (unpaired) electrons. The van der Waals surface area contributed by atoms with E-state index in [1.165, 1.54) is 7.11 Å². The fourth-order valence-electron chi connectivity index (χ4n) is 3.16. The third kappa shape index (κ3) is 9.10. The lowest BCUT2D eigenvalue weighted by Gasteiger charge is -2.23. The van der Waals surface area contributed by atoms with E-state index in [-0.39, 0.29) is 23.8 Å². The zero-order valence-electron chi connectivity index (χ0n) is 17.1.